The lowest BCUT2D eigenvalue weighted by molar-refractivity contribution is -0.134. The van der Waals surface area contributed by atoms with Gasteiger partial charge in [-0.1, -0.05) is 18.2 Å². The summed E-state index contributed by atoms with van der Waals surface area (Å²) in [7, 11) is 1.64. The van der Waals surface area contributed by atoms with Crippen molar-refractivity contribution in [3.05, 3.63) is 29.8 Å². The van der Waals surface area contributed by atoms with Crippen LogP contribution < -0.4 is 4.74 Å². The van der Waals surface area contributed by atoms with E-state index in [1.54, 1.807) is 12.0 Å². The van der Waals surface area contributed by atoms with Crippen LogP contribution in [0.3, 0.4) is 0 Å². The van der Waals surface area contributed by atoms with E-state index in [2.05, 4.69) is 4.90 Å². The molecule has 2 aliphatic heterocycles. The molecule has 1 atom stereocenters. The van der Waals surface area contributed by atoms with Crippen LogP contribution in [0.5, 0.6) is 5.75 Å². The van der Waals surface area contributed by atoms with Gasteiger partial charge >= 0.3 is 0 Å². The third-order valence-corrected chi connectivity index (χ3v) is 5.23. The first-order valence-electron chi connectivity index (χ1n) is 9.52. The Labute approximate surface area is 155 Å². The Morgan fingerprint density at radius 1 is 1.27 bits per heavy atom. The molecule has 0 bridgehead atoms. The van der Waals surface area contributed by atoms with Gasteiger partial charge in [0, 0.05) is 19.5 Å². The van der Waals surface area contributed by atoms with E-state index in [1.807, 2.05) is 24.3 Å². The van der Waals surface area contributed by atoms with Crippen LogP contribution in [0.2, 0.25) is 0 Å². The van der Waals surface area contributed by atoms with Gasteiger partial charge in [-0.05, 0) is 44.0 Å². The third kappa shape index (κ3) is 4.96. The molecule has 0 saturated carbocycles. The highest BCUT2D eigenvalue weighted by Gasteiger charge is 2.36. The molecular formula is C20H30N2O4. The zero-order valence-electron chi connectivity index (χ0n) is 15.7. The number of methoxy groups -OCH3 is 1. The molecule has 1 amide bonds. The lowest BCUT2D eigenvalue weighted by Crippen LogP contribution is -2.53. The largest absolute Gasteiger partial charge is 0.496 e. The van der Waals surface area contributed by atoms with Crippen molar-refractivity contribution in [2.75, 3.05) is 53.0 Å². The van der Waals surface area contributed by atoms with Gasteiger partial charge in [0.15, 0.2) is 0 Å². The predicted molar refractivity (Wildman–Crippen MR) is 99.3 cm³/mol. The number of benzene rings is 1. The van der Waals surface area contributed by atoms with Crippen molar-refractivity contribution >= 4 is 5.91 Å². The second-order valence-electron chi connectivity index (χ2n) is 7.39. The maximum absolute atomic E-state index is 12.8. The maximum atomic E-state index is 12.8. The first-order chi connectivity index (χ1) is 12.6. The summed E-state index contributed by atoms with van der Waals surface area (Å²) < 4.78 is 11.0. The summed E-state index contributed by atoms with van der Waals surface area (Å²) >= 11 is 0. The zero-order valence-corrected chi connectivity index (χ0v) is 15.7. The normalized spacial score (nSPS) is 24.5. The Balaban J connectivity index is 1.58. The molecule has 144 valence electrons. The Hall–Kier alpha value is -1.63. The average Bonchev–Trinajstić information content (AvgIpc) is 3.07. The number of carbonyl (C=O) groups is 1. The Morgan fingerprint density at radius 3 is 2.81 bits per heavy atom. The van der Waals surface area contributed by atoms with Gasteiger partial charge in [0.25, 0.3) is 0 Å². The van der Waals surface area contributed by atoms with Gasteiger partial charge in [-0.3, -0.25) is 4.79 Å². The summed E-state index contributed by atoms with van der Waals surface area (Å²) in [6.45, 7) is 4.25. The van der Waals surface area contributed by atoms with Gasteiger partial charge in [-0.25, -0.2) is 0 Å². The first-order valence-corrected chi connectivity index (χ1v) is 9.52. The second-order valence-corrected chi connectivity index (χ2v) is 7.39. The third-order valence-electron chi connectivity index (χ3n) is 5.23. The molecule has 1 N–H and O–H groups in total. The highest BCUT2D eigenvalue weighted by Crippen LogP contribution is 2.21. The molecule has 2 heterocycles. The number of ether oxygens (including phenoxy) is 2. The van der Waals surface area contributed by atoms with Gasteiger partial charge < -0.3 is 24.4 Å². The monoisotopic (exact) mass is 362 g/mol. The summed E-state index contributed by atoms with van der Waals surface area (Å²) in [6.07, 6.45) is 3.39. The lowest BCUT2D eigenvalue weighted by Gasteiger charge is -2.34. The van der Waals surface area contributed by atoms with Gasteiger partial charge in [0.05, 0.1) is 26.9 Å². The minimum atomic E-state index is -0.985. The molecule has 2 aliphatic rings. The number of hydrogen-bond acceptors (Lipinski definition) is 5. The molecule has 3 rings (SSSR count). The molecule has 0 aliphatic carbocycles. The summed E-state index contributed by atoms with van der Waals surface area (Å²) in [6, 6.07) is 7.78. The van der Waals surface area contributed by atoms with Crippen molar-refractivity contribution in [3.8, 4) is 5.75 Å². The Morgan fingerprint density at radius 2 is 2.04 bits per heavy atom. The van der Waals surface area contributed by atoms with Gasteiger partial charge in [-0.2, -0.15) is 0 Å². The maximum Gasteiger partial charge on any atom is 0.223 e. The smallest absolute Gasteiger partial charge is 0.223 e. The molecular weight excluding hydrogens is 332 g/mol. The average molecular weight is 362 g/mol. The number of aryl methyl sites for hydroxylation is 1. The van der Waals surface area contributed by atoms with Crippen molar-refractivity contribution < 1.29 is 19.4 Å². The number of β-amino-alcohol motifs (C(OH)–C–C–N with tert-alkyl or cyclic N) is 1. The van der Waals surface area contributed by atoms with E-state index in [0.717, 1.165) is 24.4 Å². The van der Waals surface area contributed by atoms with E-state index in [-0.39, 0.29) is 5.91 Å². The fourth-order valence-electron chi connectivity index (χ4n) is 3.89. The summed E-state index contributed by atoms with van der Waals surface area (Å²) in [4.78, 5) is 16.8. The van der Waals surface area contributed by atoms with E-state index >= 15 is 0 Å². The van der Waals surface area contributed by atoms with E-state index in [0.29, 0.717) is 45.7 Å². The van der Waals surface area contributed by atoms with E-state index in [1.165, 1.54) is 12.8 Å². The molecule has 26 heavy (non-hydrogen) atoms. The molecule has 2 saturated heterocycles. The topological polar surface area (TPSA) is 62.2 Å². The second kappa shape index (κ2) is 8.84. The van der Waals surface area contributed by atoms with Crippen molar-refractivity contribution in [1.82, 2.24) is 9.80 Å². The predicted octanol–water partition coefficient (Wildman–Crippen LogP) is 1.31. The van der Waals surface area contributed by atoms with Crippen molar-refractivity contribution in [3.63, 3.8) is 0 Å². The molecule has 1 aromatic carbocycles. The van der Waals surface area contributed by atoms with Crippen LogP contribution in [0.15, 0.2) is 24.3 Å². The number of nitrogens with zero attached hydrogens (tertiary/aromatic N) is 2. The van der Waals surface area contributed by atoms with Crippen LogP contribution in [-0.4, -0.2) is 79.5 Å². The highest BCUT2D eigenvalue weighted by atomic mass is 16.5. The number of likely N-dealkylation sites (tertiary alicyclic amines) is 1. The molecule has 6 heteroatoms. The van der Waals surface area contributed by atoms with Crippen LogP contribution >= 0.6 is 0 Å². The molecule has 0 unspecified atom stereocenters. The van der Waals surface area contributed by atoms with E-state index in [9.17, 15) is 9.90 Å². The Kier molecular flexibility index (Phi) is 6.51. The van der Waals surface area contributed by atoms with Gasteiger partial charge in [-0.15, -0.1) is 0 Å². The minimum Gasteiger partial charge on any atom is -0.496 e. The molecule has 1 aromatic rings. The molecule has 0 aromatic heterocycles. The summed E-state index contributed by atoms with van der Waals surface area (Å²) in [5.74, 6) is 0.867. The quantitative estimate of drug-likeness (QED) is 0.827. The number of carbonyl (C=O) groups excluding carboxylic acids is 1. The number of para-hydroxylation sites is 1. The highest BCUT2D eigenvalue weighted by molar-refractivity contribution is 5.76. The summed E-state index contributed by atoms with van der Waals surface area (Å²) in [5.41, 5.74) is 0.0442. The number of hydrogen-bond donors (Lipinski definition) is 1. The van der Waals surface area contributed by atoms with E-state index in [4.69, 9.17) is 9.47 Å². The molecule has 6 nitrogen and oxygen atoms in total. The molecule has 0 radical (unpaired) electrons. The number of amides is 1. The SMILES string of the molecule is COc1ccccc1CCC(=O)N1CCOC[C@@](O)(CN2CCCC2)C1. The fraction of sp³-hybridized carbons (Fsp3) is 0.650. The summed E-state index contributed by atoms with van der Waals surface area (Å²) in [5, 5.41) is 11.0. The van der Waals surface area contributed by atoms with Crippen molar-refractivity contribution in [2.24, 2.45) is 0 Å². The van der Waals surface area contributed by atoms with Crippen LogP contribution in [0.1, 0.15) is 24.8 Å². The molecule has 0 spiro atoms. The Bertz CT molecular complexity index is 603. The lowest BCUT2D eigenvalue weighted by atomic mass is 10.0. The number of rotatable bonds is 6. The van der Waals surface area contributed by atoms with Crippen LogP contribution in [0.25, 0.3) is 0 Å². The standard InChI is InChI=1S/C20H30N2O4/c1-25-18-7-3-2-6-17(18)8-9-19(23)22-12-13-26-16-20(24,15-22)14-21-10-4-5-11-21/h2-3,6-7,24H,4-5,8-16H2,1H3/t20-/m1/s1. The van der Waals surface area contributed by atoms with Crippen LogP contribution in [0.4, 0.5) is 0 Å². The van der Waals surface area contributed by atoms with Gasteiger partial charge in [0.2, 0.25) is 5.91 Å². The first kappa shape index (κ1) is 19.1. The molecule has 2 fully saturated rings. The minimum absolute atomic E-state index is 0.0567. The van der Waals surface area contributed by atoms with Crippen molar-refractivity contribution in [1.29, 1.82) is 0 Å². The van der Waals surface area contributed by atoms with Crippen LogP contribution in [-0.2, 0) is 16.0 Å². The van der Waals surface area contributed by atoms with Crippen molar-refractivity contribution in [2.45, 2.75) is 31.3 Å². The fourth-order valence-corrected chi connectivity index (χ4v) is 3.89. The number of aliphatic hydroxyl groups is 1. The zero-order chi connectivity index (χ0) is 18.4. The van der Waals surface area contributed by atoms with E-state index < -0.39 is 5.60 Å². The van der Waals surface area contributed by atoms with Gasteiger partial charge in [0.1, 0.15) is 11.4 Å². The van der Waals surface area contributed by atoms with Crippen LogP contribution in [0, 0.1) is 0 Å².